The predicted molar refractivity (Wildman–Crippen MR) is 165 cm³/mol. The summed E-state index contributed by atoms with van der Waals surface area (Å²) in [7, 11) is 0. The zero-order valence-electron chi connectivity index (χ0n) is 25.1. The molecular weight excluding hydrogens is 489 g/mol. The summed E-state index contributed by atoms with van der Waals surface area (Å²) in [5.74, 6) is 0.624. The van der Waals surface area contributed by atoms with Crippen LogP contribution in [0.5, 0.6) is 0 Å². The molecule has 0 saturated carbocycles. The summed E-state index contributed by atoms with van der Waals surface area (Å²) in [5.41, 5.74) is 1.09. The Morgan fingerprint density at radius 3 is 2.28 bits per heavy atom. The molecule has 6 heteroatoms. The van der Waals surface area contributed by atoms with Gasteiger partial charge in [-0.15, -0.1) is 13.2 Å². The molecule has 0 spiro atoms. The number of likely N-dealkylation sites (tertiary alicyclic amines) is 1. The van der Waals surface area contributed by atoms with Crippen molar-refractivity contribution in [2.75, 3.05) is 31.1 Å². The largest absolute Gasteiger partial charge is 0.392 e. The third kappa shape index (κ3) is 14.9. The lowest BCUT2D eigenvalue weighted by atomic mass is 9.87. The maximum Gasteiger partial charge on any atom is 0.227 e. The summed E-state index contributed by atoms with van der Waals surface area (Å²) in [6.07, 6.45) is 19.5. The van der Waals surface area contributed by atoms with Crippen molar-refractivity contribution in [1.82, 2.24) is 9.88 Å². The number of aliphatic hydroxyl groups is 1. The first-order valence-electron chi connectivity index (χ1n) is 14.6. The molecule has 1 aromatic heterocycles. The van der Waals surface area contributed by atoms with Gasteiger partial charge in [-0.2, -0.15) is 0 Å². The van der Waals surface area contributed by atoms with Crippen LogP contribution in [0.1, 0.15) is 73.1 Å². The molecule has 220 valence electrons. The van der Waals surface area contributed by atoms with Gasteiger partial charge >= 0.3 is 0 Å². The van der Waals surface area contributed by atoms with Crippen molar-refractivity contribution in [2.24, 2.45) is 17.8 Å². The molecule has 0 aliphatic carbocycles. The van der Waals surface area contributed by atoms with Crippen LogP contribution in [0.4, 0.5) is 10.1 Å². The monoisotopic (exact) mass is 543 g/mol. The van der Waals surface area contributed by atoms with E-state index >= 15 is 0 Å². The van der Waals surface area contributed by atoms with Crippen LogP contribution in [0.15, 0.2) is 74.4 Å². The van der Waals surface area contributed by atoms with Crippen molar-refractivity contribution in [2.45, 2.75) is 79.2 Å². The van der Waals surface area contributed by atoms with Crippen LogP contribution in [-0.2, 0) is 4.79 Å². The van der Waals surface area contributed by atoms with Crippen LogP contribution >= 0.6 is 0 Å². The highest BCUT2D eigenvalue weighted by Crippen LogP contribution is 2.28. The van der Waals surface area contributed by atoms with Gasteiger partial charge in [0.1, 0.15) is 0 Å². The molecule has 2 aliphatic rings. The van der Waals surface area contributed by atoms with Crippen molar-refractivity contribution in [1.29, 1.82) is 0 Å². The number of carbonyl (C=O) groups is 1. The summed E-state index contributed by atoms with van der Waals surface area (Å²) in [6, 6.07) is 3.97. The number of unbranched alkanes of at least 4 members (excludes halogenated alkanes) is 3. The van der Waals surface area contributed by atoms with Crippen LogP contribution in [0.3, 0.4) is 0 Å². The first kappa shape index (κ1) is 36.3. The molecule has 39 heavy (non-hydrogen) atoms. The minimum Gasteiger partial charge on any atom is -0.392 e. The fraction of sp³-hybridized carbons (Fsp3) is 0.576. The molecule has 3 heterocycles. The van der Waals surface area contributed by atoms with E-state index in [0.717, 1.165) is 44.5 Å². The average Bonchev–Trinajstić information content (AvgIpc) is 3.46. The van der Waals surface area contributed by atoms with Crippen LogP contribution in [-0.4, -0.2) is 53.2 Å². The number of pyridine rings is 1. The van der Waals surface area contributed by atoms with Gasteiger partial charge in [0.25, 0.3) is 0 Å². The topological polar surface area (TPSA) is 56.7 Å². The molecular formula is C33H54FN3O2. The number of amides is 1. The van der Waals surface area contributed by atoms with Crippen LogP contribution in [0.2, 0.25) is 0 Å². The Balaban J connectivity index is 0.000000704. The highest BCUT2D eigenvalue weighted by atomic mass is 19.1. The van der Waals surface area contributed by atoms with Gasteiger partial charge in [0.05, 0.1) is 30.2 Å². The summed E-state index contributed by atoms with van der Waals surface area (Å²) in [4.78, 5) is 21.1. The molecule has 0 bridgehead atoms. The van der Waals surface area contributed by atoms with Crippen LogP contribution < -0.4 is 4.90 Å². The zero-order chi connectivity index (χ0) is 29.5. The minimum absolute atomic E-state index is 0.0647. The minimum atomic E-state index is -0.292. The van der Waals surface area contributed by atoms with Crippen molar-refractivity contribution < 1.29 is 14.3 Å². The van der Waals surface area contributed by atoms with Crippen molar-refractivity contribution in [3.05, 3.63) is 74.4 Å². The first-order chi connectivity index (χ1) is 18.9. The molecule has 1 amide bonds. The van der Waals surface area contributed by atoms with E-state index in [1.165, 1.54) is 18.9 Å². The summed E-state index contributed by atoms with van der Waals surface area (Å²) >= 11 is 0. The van der Waals surface area contributed by atoms with Crippen LogP contribution in [0.25, 0.3) is 0 Å². The smallest absolute Gasteiger partial charge is 0.227 e. The number of hydrogen-bond donors (Lipinski definition) is 1. The molecule has 2 fully saturated rings. The highest BCUT2D eigenvalue weighted by molar-refractivity contribution is 5.80. The van der Waals surface area contributed by atoms with Crippen molar-refractivity contribution in [3.8, 4) is 0 Å². The van der Waals surface area contributed by atoms with Crippen molar-refractivity contribution >= 4 is 11.6 Å². The molecule has 5 nitrogen and oxygen atoms in total. The molecule has 3 rings (SSSR count). The second kappa shape index (κ2) is 23.2. The number of rotatable bonds is 9. The number of carbonyl (C=O) groups excluding carboxylic acids is 1. The number of hydrogen-bond acceptors (Lipinski definition) is 4. The van der Waals surface area contributed by atoms with Gasteiger partial charge in [-0.25, -0.2) is 4.39 Å². The molecule has 3 atom stereocenters. The van der Waals surface area contributed by atoms with E-state index in [9.17, 15) is 14.3 Å². The number of aromatic nitrogens is 1. The average molecular weight is 544 g/mol. The molecule has 3 unspecified atom stereocenters. The van der Waals surface area contributed by atoms with E-state index < -0.39 is 0 Å². The molecule has 0 aromatic carbocycles. The summed E-state index contributed by atoms with van der Waals surface area (Å²) in [6.45, 7) is 20.2. The number of aliphatic hydroxyl groups excluding tert-OH is 1. The highest BCUT2D eigenvalue weighted by Gasteiger charge is 2.37. The lowest BCUT2D eigenvalue weighted by molar-refractivity contribution is -0.140. The molecule has 2 saturated heterocycles. The number of nitrogens with zero attached hydrogens (tertiary/aromatic N) is 3. The van der Waals surface area contributed by atoms with Crippen molar-refractivity contribution in [3.63, 3.8) is 0 Å². The maximum absolute atomic E-state index is 12.8. The van der Waals surface area contributed by atoms with E-state index in [4.69, 9.17) is 0 Å². The molecule has 1 aromatic rings. The molecule has 0 radical (unpaired) electrons. The van der Waals surface area contributed by atoms with Gasteiger partial charge in [-0.05, 0) is 69.4 Å². The SMILES string of the molecule is C=CCC/C=C/F.C=CCCC/C=C\C.CC.CC1CN(C(=O)C2CCN(c3cccnc3)C2)CC(C)C1O. The predicted octanol–water partition coefficient (Wildman–Crippen LogP) is 7.76. The Labute approximate surface area is 238 Å². The van der Waals surface area contributed by atoms with Gasteiger partial charge in [-0.3, -0.25) is 9.78 Å². The van der Waals surface area contributed by atoms with Crippen LogP contribution in [0, 0.1) is 17.8 Å². The van der Waals surface area contributed by atoms with E-state index in [0.29, 0.717) is 19.4 Å². The Bertz CT molecular complexity index is 815. The lowest BCUT2D eigenvalue weighted by Crippen LogP contribution is -2.51. The Morgan fingerprint density at radius 1 is 1.08 bits per heavy atom. The lowest BCUT2D eigenvalue weighted by Gasteiger charge is -2.39. The van der Waals surface area contributed by atoms with E-state index in [1.54, 1.807) is 12.3 Å². The van der Waals surface area contributed by atoms with Gasteiger partial charge in [0.2, 0.25) is 5.91 Å². The fourth-order valence-electron chi connectivity index (χ4n) is 4.55. The van der Waals surface area contributed by atoms with Gasteiger partial charge in [0.15, 0.2) is 0 Å². The summed E-state index contributed by atoms with van der Waals surface area (Å²) in [5, 5.41) is 10.0. The Hall–Kier alpha value is -2.73. The first-order valence-corrected chi connectivity index (χ1v) is 14.6. The summed E-state index contributed by atoms with van der Waals surface area (Å²) < 4.78 is 11.1. The molecule has 1 N–H and O–H groups in total. The number of piperidine rings is 1. The van der Waals surface area contributed by atoms with Gasteiger partial charge in [-0.1, -0.05) is 58.1 Å². The zero-order valence-corrected chi connectivity index (χ0v) is 25.1. The fourth-order valence-corrected chi connectivity index (χ4v) is 4.55. The second-order valence-electron chi connectivity index (χ2n) is 9.85. The number of allylic oxidation sites excluding steroid dienone is 5. The third-order valence-electron chi connectivity index (χ3n) is 6.68. The Kier molecular flexibility index (Phi) is 21.6. The number of halogens is 1. The van der Waals surface area contributed by atoms with E-state index in [2.05, 4.69) is 35.2 Å². The standard InChI is InChI=1S/C17H25N3O2.C8H14.C6H9F.C2H6/c1-12-9-20(10-13(2)16(12)21)17(22)14-5-7-19(11-14)15-4-3-6-18-8-15;1-3-5-7-8-6-4-2;1-2-3-4-5-6-7;1-2/h3-4,6,8,12-14,16,21H,5,7,9-11H2,1-2H3;3-4,6H,1,5,7-8H2,2H3;2,5-6H,1,3-4H2;1-2H3/b;6-4-;6-5+;. The van der Waals surface area contributed by atoms with E-state index in [1.807, 2.05) is 63.9 Å². The second-order valence-corrected chi connectivity index (χ2v) is 9.85. The number of anilines is 1. The maximum atomic E-state index is 12.8. The third-order valence-corrected chi connectivity index (χ3v) is 6.68. The quantitative estimate of drug-likeness (QED) is 0.255. The molecule has 2 aliphatic heterocycles. The van der Waals surface area contributed by atoms with Gasteiger partial charge < -0.3 is 14.9 Å². The normalized spacial score (nSPS) is 22.2. The van der Waals surface area contributed by atoms with Gasteiger partial charge in [0, 0.05) is 32.4 Å². The van der Waals surface area contributed by atoms with E-state index in [-0.39, 0.29) is 29.8 Å². The Morgan fingerprint density at radius 2 is 1.74 bits per heavy atom.